The summed E-state index contributed by atoms with van der Waals surface area (Å²) in [4.78, 5) is 8.22. The summed E-state index contributed by atoms with van der Waals surface area (Å²) in [5.74, 6) is 1.85. The summed E-state index contributed by atoms with van der Waals surface area (Å²) in [6.07, 6.45) is 11.6. The Morgan fingerprint density at radius 1 is 0.545 bits per heavy atom. The monoisotopic (exact) mass is 340 g/mol. The second-order valence-corrected chi connectivity index (χ2v) is 19.5. The first-order chi connectivity index (χ1) is 10.2. The molecule has 0 aromatic rings. The lowest BCUT2D eigenvalue weighted by atomic mass is 9.69. The zero-order chi connectivity index (χ0) is 16.4. The molecule has 4 unspecified atom stereocenters. The van der Waals surface area contributed by atoms with Crippen LogP contribution in [-0.2, 0) is 0 Å². The fourth-order valence-corrected chi connectivity index (χ4v) is 7.76. The van der Waals surface area contributed by atoms with E-state index >= 15 is 0 Å². The third kappa shape index (κ3) is 5.77. The third-order valence-corrected chi connectivity index (χ3v) is 7.90. The average Bonchev–Trinajstić information content (AvgIpc) is 2.36. The van der Waals surface area contributed by atoms with Crippen LogP contribution in [0.15, 0.2) is 0 Å². The molecule has 0 bridgehead atoms. The highest BCUT2D eigenvalue weighted by Crippen LogP contribution is 2.39. The average molecular weight is 341 g/mol. The molecule has 2 N–H and O–H groups in total. The van der Waals surface area contributed by atoms with Crippen LogP contribution in [0.5, 0.6) is 0 Å². The summed E-state index contributed by atoms with van der Waals surface area (Å²) in [6.45, 7) is 14.8. The van der Waals surface area contributed by atoms with Crippen LogP contribution in [0.4, 0.5) is 0 Å². The van der Waals surface area contributed by atoms with Gasteiger partial charge in [-0.1, -0.05) is 65.0 Å². The van der Waals surface area contributed by atoms with Crippen LogP contribution >= 0.6 is 0 Å². The van der Waals surface area contributed by atoms with Gasteiger partial charge in [-0.05, 0) is 37.5 Å². The van der Waals surface area contributed by atoms with E-state index < -0.39 is 16.5 Å². The molecule has 0 saturated heterocycles. The zero-order valence-corrected chi connectivity index (χ0v) is 18.0. The quantitative estimate of drug-likeness (QED) is 0.692. The smallest absolute Gasteiger partial charge is 0.116 e. The minimum Gasteiger partial charge on any atom is -0.334 e. The molecule has 0 aromatic carbocycles. The van der Waals surface area contributed by atoms with Crippen molar-refractivity contribution in [1.82, 2.24) is 9.96 Å². The maximum Gasteiger partial charge on any atom is 0.116 e. The van der Waals surface area contributed by atoms with Crippen molar-refractivity contribution >= 4 is 16.5 Å². The Labute approximate surface area is 141 Å². The Hall–Kier alpha value is 0.354. The molecule has 4 heteroatoms. The molecular formula is C18H40N2Si2. The van der Waals surface area contributed by atoms with Crippen molar-refractivity contribution in [2.75, 3.05) is 0 Å². The predicted molar refractivity (Wildman–Crippen MR) is 104 cm³/mol. The lowest BCUT2D eigenvalue weighted by Crippen LogP contribution is -2.58. The second kappa shape index (κ2) is 7.50. The Balaban J connectivity index is 2.09. The van der Waals surface area contributed by atoms with Crippen molar-refractivity contribution in [3.05, 3.63) is 0 Å². The lowest BCUT2D eigenvalue weighted by molar-refractivity contribution is 0.134. The Bertz CT molecular complexity index is 312. The molecule has 2 nitrogen and oxygen atoms in total. The first-order valence-corrected chi connectivity index (χ1v) is 16.7. The van der Waals surface area contributed by atoms with Crippen molar-refractivity contribution in [3.63, 3.8) is 0 Å². The van der Waals surface area contributed by atoms with Gasteiger partial charge in [0.1, 0.15) is 16.5 Å². The normalized spacial score (nSPS) is 34.6. The van der Waals surface area contributed by atoms with Gasteiger partial charge in [-0.2, -0.15) is 0 Å². The van der Waals surface area contributed by atoms with E-state index in [4.69, 9.17) is 0 Å². The first-order valence-electron chi connectivity index (χ1n) is 9.71. The molecule has 22 heavy (non-hydrogen) atoms. The van der Waals surface area contributed by atoms with E-state index in [0.29, 0.717) is 0 Å². The predicted octanol–water partition coefficient (Wildman–Crippen LogP) is 4.95. The molecule has 2 fully saturated rings. The molecule has 0 amide bonds. The molecule has 0 heterocycles. The fraction of sp³-hybridized carbons (Fsp3) is 1.00. The topological polar surface area (TPSA) is 24.1 Å². The van der Waals surface area contributed by atoms with E-state index in [1.165, 1.54) is 51.4 Å². The summed E-state index contributed by atoms with van der Waals surface area (Å²) in [5, 5.41) is 0. The molecule has 4 atom stereocenters. The largest absolute Gasteiger partial charge is 0.334 e. The Kier molecular flexibility index (Phi) is 6.37. The molecule has 0 aromatic heterocycles. The van der Waals surface area contributed by atoms with Gasteiger partial charge in [-0.15, -0.1) is 0 Å². The maximum absolute atomic E-state index is 4.11. The van der Waals surface area contributed by atoms with Gasteiger partial charge in [0.05, 0.1) is 0 Å². The summed E-state index contributed by atoms with van der Waals surface area (Å²) in [7, 11) is -2.36. The Morgan fingerprint density at radius 3 is 1.18 bits per heavy atom. The van der Waals surface area contributed by atoms with Gasteiger partial charge in [-0.3, -0.25) is 0 Å². The van der Waals surface area contributed by atoms with Gasteiger partial charge < -0.3 is 9.96 Å². The van der Waals surface area contributed by atoms with Gasteiger partial charge >= 0.3 is 0 Å². The standard InChI is InChI=1S/C18H40N2Si2/c1-21(2,3)19-17-13-9-7-11-15(17)16-12-8-10-14-18(16)20-22(4,5)6/h15-20H,7-14H2,1-6H3. The van der Waals surface area contributed by atoms with Gasteiger partial charge in [-0.25, -0.2) is 0 Å². The zero-order valence-electron chi connectivity index (χ0n) is 16.0. The summed E-state index contributed by atoms with van der Waals surface area (Å²) in [5.41, 5.74) is 0. The molecule has 0 spiro atoms. The van der Waals surface area contributed by atoms with Crippen molar-refractivity contribution in [3.8, 4) is 0 Å². The molecule has 130 valence electrons. The molecule has 0 radical (unpaired) electrons. The van der Waals surface area contributed by atoms with Gasteiger partial charge in [0, 0.05) is 12.1 Å². The van der Waals surface area contributed by atoms with E-state index in [2.05, 4.69) is 49.2 Å². The molecule has 2 aliphatic carbocycles. The molecular weight excluding hydrogens is 300 g/mol. The Morgan fingerprint density at radius 2 is 0.864 bits per heavy atom. The van der Waals surface area contributed by atoms with Gasteiger partial charge in [0.2, 0.25) is 0 Å². The van der Waals surface area contributed by atoms with Crippen molar-refractivity contribution in [2.45, 2.75) is 103 Å². The molecule has 2 rings (SSSR count). The molecule has 2 saturated carbocycles. The molecule has 2 aliphatic rings. The highest BCUT2D eigenvalue weighted by Gasteiger charge is 2.39. The van der Waals surface area contributed by atoms with Crippen LogP contribution in [0.2, 0.25) is 39.3 Å². The van der Waals surface area contributed by atoms with Crippen LogP contribution in [0.1, 0.15) is 51.4 Å². The number of hydrogen-bond acceptors (Lipinski definition) is 2. The van der Waals surface area contributed by atoms with Crippen LogP contribution in [-0.4, -0.2) is 28.6 Å². The fourth-order valence-electron chi connectivity index (χ4n) is 4.81. The van der Waals surface area contributed by atoms with E-state index in [1.54, 1.807) is 0 Å². The number of nitrogens with one attached hydrogen (secondary N) is 2. The number of rotatable bonds is 5. The van der Waals surface area contributed by atoms with Crippen molar-refractivity contribution in [1.29, 1.82) is 0 Å². The van der Waals surface area contributed by atoms with Crippen LogP contribution in [0, 0.1) is 11.8 Å². The van der Waals surface area contributed by atoms with Crippen LogP contribution < -0.4 is 9.96 Å². The van der Waals surface area contributed by atoms with Gasteiger partial charge in [0.15, 0.2) is 0 Å². The minimum absolute atomic E-state index is 0.800. The highest BCUT2D eigenvalue weighted by molar-refractivity contribution is 6.74. The summed E-state index contributed by atoms with van der Waals surface area (Å²) < 4.78 is 0. The maximum atomic E-state index is 4.11. The van der Waals surface area contributed by atoms with Crippen LogP contribution in [0.3, 0.4) is 0 Å². The van der Waals surface area contributed by atoms with E-state index in [1.807, 2.05) is 0 Å². The van der Waals surface area contributed by atoms with Crippen molar-refractivity contribution < 1.29 is 0 Å². The van der Waals surface area contributed by atoms with E-state index in [9.17, 15) is 0 Å². The first kappa shape index (κ1) is 18.7. The van der Waals surface area contributed by atoms with E-state index in [0.717, 1.165) is 23.9 Å². The van der Waals surface area contributed by atoms with E-state index in [-0.39, 0.29) is 0 Å². The minimum atomic E-state index is -1.18. The van der Waals surface area contributed by atoms with Crippen LogP contribution in [0.25, 0.3) is 0 Å². The van der Waals surface area contributed by atoms with Gasteiger partial charge in [0.25, 0.3) is 0 Å². The molecule has 0 aliphatic heterocycles. The van der Waals surface area contributed by atoms with Crippen molar-refractivity contribution in [2.24, 2.45) is 11.8 Å². The number of hydrogen-bond donors (Lipinski definition) is 2. The highest BCUT2D eigenvalue weighted by atomic mass is 28.3. The third-order valence-electron chi connectivity index (χ3n) is 5.43. The second-order valence-electron chi connectivity index (χ2n) is 9.90. The summed E-state index contributed by atoms with van der Waals surface area (Å²) >= 11 is 0. The SMILES string of the molecule is C[Si](C)(C)NC1CCCCC1C1CCCCC1N[Si](C)(C)C. The summed E-state index contributed by atoms with van der Waals surface area (Å²) in [6, 6.07) is 1.60. The lowest BCUT2D eigenvalue weighted by Gasteiger charge is -2.46.